The normalized spacial score (nSPS) is 15.5. The molecule has 3 heteroatoms. The highest BCUT2D eigenvalue weighted by atomic mass is 19.1. The summed E-state index contributed by atoms with van der Waals surface area (Å²) in [4.78, 5) is 11.8. The standard InChI is InChI=1S/C13H16FNO.C2H6.H2/c14-12-9-5-4-8-11(12)13(16)15-10-6-2-1-3-7-10;1-2;/h4-5,8-10H,1-3,6-7H2,(H,15,16);1-2H3;1H. The molecule has 1 fully saturated rings. The lowest BCUT2D eigenvalue weighted by Crippen LogP contribution is -2.36. The van der Waals surface area contributed by atoms with Crippen LogP contribution in [0.5, 0.6) is 0 Å². The van der Waals surface area contributed by atoms with E-state index in [-0.39, 0.29) is 18.9 Å². The lowest BCUT2D eigenvalue weighted by molar-refractivity contribution is 0.0923. The summed E-state index contributed by atoms with van der Waals surface area (Å²) in [6, 6.07) is 6.33. The van der Waals surface area contributed by atoms with Crippen LogP contribution in [0.3, 0.4) is 0 Å². The van der Waals surface area contributed by atoms with Crippen LogP contribution in [-0.4, -0.2) is 11.9 Å². The summed E-state index contributed by atoms with van der Waals surface area (Å²) < 4.78 is 13.3. The molecule has 1 aromatic carbocycles. The second kappa shape index (κ2) is 7.85. The Morgan fingerprint density at radius 3 is 2.44 bits per heavy atom. The first-order chi connectivity index (χ1) is 8.77. The summed E-state index contributed by atoms with van der Waals surface area (Å²) in [7, 11) is 0. The molecule has 0 spiro atoms. The van der Waals surface area contributed by atoms with Crippen LogP contribution in [0.25, 0.3) is 0 Å². The molecule has 102 valence electrons. The van der Waals surface area contributed by atoms with Gasteiger partial charge in [-0.05, 0) is 25.0 Å². The second-order valence-electron chi connectivity index (χ2n) is 4.29. The Morgan fingerprint density at radius 1 is 1.22 bits per heavy atom. The molecule has 0 saturated heterocycles. The van der Waals surface area contributed by atoms with Gasteiger partial charge in [0.2, 0.25) is 0 Å². The SMILES string of the molecule is CC.O=C(NC1CCCCC1)c1ccccc1F.[HH]. The van der Waals surface area contributed by atoms with Gasteiger partial charge in [-0.2, -0.15) is 0 Å². The summed E-state index contributed by atoms with van der Waals surface area (Å²) in [6.45, 7) is 4.00. The van der Waals surface area contributed by atoms with Crippen molar-refractivity contribution in [3.05, 3.63) is 35.6 Å². The number of carbonyl (C=O) groups excluding carboxylic acids is 1. The molecular weight excluding hydrogens is 229 g/mol. The van der Waals surface area contributed by atoms with E-state index in [1.54, 1.807) is 12.1 Å². The van der Waals surface area contributed by atoms with E-state index in [2.05, 4.69) is 5.32 Å². The van der Waals surface area contributed by atoms with Crippen LogP contribution in [0, 0.1) is 5.82 Å². The Balaban J connectivity index is 0.00000103. The van der Waals surface area contributed by atoms with Crippen molar-refractivity contribution < 1.29 is 10.6 Å². The van der Waals surface area contributed by atoms with Crippen LogP contribution in [0.4, 0.5) is 4.39 Å². The van der Waals surface area contributed by atoms with Crippen molar-refractivity contribution in [2.75, 3.05) is 0 Å². The number of carbonyl (C=O) groups is 1. The van der Waals surface area contributed by atoms with Gasteiger partial charge in [-0.3, -0.25) is 4.79 Å². The Hall–Kier alpha value is -1.38. The number of rotatable bonds is 2. The van der Waals surface area contributed by atoms with Crippen LogP contribution in [0.2, 0.25) is 0 Å². The highest BCUT2D eigenvalue weighted by molar-refractivity contribution is 5.94. The number of halogens is 1. The average molecular weight is 253 g/mol. The summed E-state index contributed by atoms with van der Waals surface area (Å²) >= 11 is 0. The summed E-state index contributed by atoms with van der Waals surface area (Å²) in [5, 5.41) is 2.90. The van der Waals surface area contributed by atoms with Crippen molar-refractivity contribution in [1.29, 1.82) is 0 Å². The number of amides is 1. The largest absolute Gasteiger partial charge is 0.349 e. The van der Waals surface area contributed by atoms with Gasteiger partial charge in [0.05, 0.1) is 5.56 Å². The highest BCUT2D eigenvalue weighted by Crippen LogP contribution is 2.18. The molecule has 1 aromatic rings. The van der Waals surface area contributed by atoms with E-state index < -0.39 is 5.82 Å². The van der Waals surface area contributed by atoms with E-state index in [1.165, 1.54) is 18.6 Å². The topological polar surface area (TPSA) is 29.1 Å². The molecule has 1 N–H and O–H groups in total. The Labute approximate surface area is 110 Å². The molecule has 0 unspecified atom stereocenters. The van der Waals surface area contributed by atoms with Crippen molar-refractivity contribution in [2.45, 2.75) is 52.0 Å². The maximum atomic E-state index is 13.3. The molecule has 0 bridgehead atoms. The van der Waals surface area contributed by atoms with E-state index in [9.17, 15) is 9.18 Å². The van der Waals surface area contributed by atoms with Crippen molar-refractivity contribution in [2.24, 2.45) is 0 Å². The molecule has 0 heterocycles. The predicted molar refractivity (Wildman–Crippen MR) is 74.2 cm³/mol. The molecule has 1 aliphatic rings. The van der Waals surface area contributed by atoms with Gasteiger partial charge in [0, 0.05) is 7.47 Å². The van der Waals surface area contributed by atoms with Crippen molar-refractivity contribution in [3.8, 4) is 0 Å². The van der Waals surface area contributed by atoms with Gasteiger partial charge in [-0.1, -0.05) is 45.2 Å². The number of hydrogen-bond donors (Lipinski definition) is 1. The van der Waals surface area contributed by atoms with Crippen LogP contribution < -0.4 is 5.32 Å². The molecule has 1 aliphatic carbocycles. The highest BCUT2D eigenvalue weighted by Gasteiger charge is 2.18. The Kier molecular flexibility index (Phi) is 6.40. The first-order valence-electron chi connectivity index (χ1n) is 6.83. The van der Waals surface area contributed by atoms with Crippen LogP contribution in [-0.2, 0) is 0 Å². The van der Waals surface area contributed by atoms with Crippen LogP contribution >= 0.6 is 0 Å². The minimum atomic E-state index is -0.448. The smallest absolute Gasteiger partial charge is 0.254 e. The monoisotopic (exact) mass is 253 g/mol. The Morgan fingerprint density at radius 2 is 1.83 bits per heavy atom. The minimum Gasteiger partial charge on any atom is -0.349 e. The maximum Gasteiger partial charge on any atom is 0.254 e. The quantitative estimate of drug-likeness (QED) is 0.842. The van der Waals surface area contributed by atoms with E-state index in [4.69, 9.17) is 0 Å². The molecule has 1 saturated carbocycles. The molecule has 18 heavy (non-hydrogen) atoms. The van der Waals surface area contributed by atoms with E-state index in [0.717, 1.165) is 25.7 Å². The lowest BCUT2D eigenvalue weighted by Gasteiger charge is -2.22. The zero-order chi connectivity index (χ0) is 13.4. The molecule has 0 aromatic heterocycles. The summed E-state index contributed by atoms with van der Waals surface area (Å²) in [5.74, 6) is -0.735. The molecular formula is C15H24FNO. The van der Waals surface area contributed by atoms with Gasteiger partial charge in [-0.15, -0.1) is 0 Å². The minimum absolute atomic E-state index is 0. The summed E-state index contributed by atoms with van der Waals surface area (Å²) in [5.41, 5.74) is 0.146. The summed E-state index contributed by atoms with van der Waals surface area (Å²) in [6.07, 6.45) is 5.58. The van der Waals surface area contributed by atoms with Gasteiger partial charge in [0.1, 0.15) is 5.82 Å². The average Bonchev–Trinajstić information content (AvgIpc) is 2.42. The first-order valence-corrected chi connectivity index (χ1v) is 6.83. The second-order valence-corrected chi connectivity index (χ2v) is 4.29. The molecule has 0 aliphatic heterocycles. The van der Waals surface area contributed by atoms with Crippen molar-refractivity contribution >= 4 is 5.91 Å². The van der Waals surface area contributed by atoms with Gasteiger partial charge >= 0.3 is 0 Å². The number of nitrogens with one attached hydrogen (secondary N) is 1. The van der Waals surface area contributed by atoms with Gasteiger partial charge in [-0.25, -0.2) is 4.39 Å². The maximum absolute atomic E-state index is 13.3. The van der Waals surface area contributed by atoms with Crippen molar-refractivity contribution in [1.82, 2.24) is 5.32 Å². The first kappa shape index (κ1) is 14.7. The molecule has 2 nitrogen and oxygen atoms in total. The number of benzene rings is 1. The fraction of sp³-hybridized carbons (Fsp3) is 0.533. The fourth-order valence-electron chi connectivity index (χ4n) is 2.16. The van der Waals surface area contributed by atoms with Gasteiger partial charge in [0.25, 0.3) is 5.91 Å². The van der Waals surface area contributed by atoms with Crippen LogP contribution in [0.15, 0.2) is 24.3 Å². The van der Waals surface area contributed by atoms with Gasteiger partial charge in [0.15, 0.2) is 0 Å². The van der Waals surface area contributed by atoms with Gasteiger partial charge < -0.3 is 5.32 Å². The third kappa shape index (κ3) is 4.13. The third-order valence-corrected chi connectivity index (χ3v) is 3.06. The molecule has 1 amide bonds. The Bertz CT molecular complexity index is 378. The number of hydrogen-bond acceptors (Lipinski definition) is 1. The van der Waals surface area contributed by atoms with Crippen molar-refractivity contribution in [3.63, 3.8) is 0 Å². The zero-order valence-electron chi connectivity index (χ0n) is 11.2. The molecule has 2 rings (SSSR count). The van der Waals surface area contributed by atoms with E-state index in [1.807, 2.05) is 13.8 Å². The fourth-order valence-corrected chi connectivity index (χ4v) is 2.16. The lowest BCUT2D eigenvalue weighted by atomic mass is 9.95. The van der Waals surface area contributed by atoms with Crippen LogP contribution in [0.1, 0.15) is 57.7 Å². The molecule has 0 radical (unpaired) electrons. The predicted octanol–water partition coefficient (Wildman–Crippen LogP) is 4.16. The zero-order valence-corrected chi connectivity index (χ0v) is 11.2. The third-order valence-electron chi connectivity index (χ3n) is 3.06. The van der Waals surface area contributed by atoms with E-state index in [0.29, 0.717) is 0 Å². The molecule has 0 atom stereocenters. The van der Waals surface area contributed by atoms with E-state index >= 15 is 0 Å².